The molecule has 3 aromatic heterocycles. The van der Waals surface area contributed by atoms with Crippen molar-refractivity contribution < 1.29 is 28.2 Å². The molecule has 0 bridgehead atoms. The molecule has 1 fully saturated rings. The molecule has 0 saturated carbocycles. The third kappa shape index (κ3) is 8.78. The molecular formula is C34H34ClFN8O6S. The fourth-order valence-electron chi connectivity index (χ4n) is 5.40. The van der Waals surface area contributed by atoms with E-state index in [2.05, 4.69) is 40.7 Å². The van der Waals surface area contributed by atoms with E-state index >= 15 is 0 Å². The summed E-state index contributed by atoms with van der Waals surface area (Å²) in [5.74, 6) is -0.563. The molecule has 0 atom stereocenters. The molecule has 4 heterocycles. The molecule has 51 heavy (non-hydrogen) atoms. The van der Waals surface area contributed by atoms with Gasteiger partial charge in [0.25, 0.3) is 11.8 Å². The van der Waals surface area contributed by atoms with Crippen molar-refractivity contribution in [3.05, 3.63) is 91.7 Å². The molecule has 14 nitrogen and oxygen atoms in total. The molecule has 6 rings (SSSR count). The Balaban J connectivity index is 0.928. The molecule has 0 spiro atoms. The molecule has 5 aromatic rings. The third-order valence-electron chi connectivity index (χ3n) is 8.08. The van der Waals surface area contributed by atoms with Crippen LogP contribution in [-0.2, 0) is 4.74 Å². The van der Waals surface area contributed by atoms with Crippen LogP contribution in [0.25, 0.3) is 11.0 Å². The number of phenolic OH excluding ortho intramolecular Hbond substituents is 1. The first-order valence-electron chi connectivity index (χ1n) is 16.0. The van der Waals surface area contributed by atoms with Gasteiger partial charge in [-0.2, -0.15) is 0 Å². The lowest BCUT2D eigenvalue weighted by Gasteiger charge is -2.35. The van der Waals surface area contributed by atoms with Crippen LogP contribution in [0.15, 0.2) is 57.9 Å². The number of benzene rings is 2. The van der Waals surface area contributed by atoms with Gasteiger partial charge in [-0.15, -0.1) is 0 Å². The number of hydrogen-bond acceptors (Lipinski definition) is 13. The van der Waals surface area contributed by atoms with Gasteiger partial charge in [-0.3, -0.25) is 14.5 Å². The van der Waals surface area contributed by atoms with Crippen molar-refractivity contribution in [1.29, 1.82) is 0 Å². The average Bonchev–Trinajstić information content (AvgIpc) is 3.57. The van der Waals surface area contributed by atoms with Gasteiger partial charge in [-0.1, -0.05) is 35.1 Å². The lowest BCUT2D eigenvalue weighted by Crippen LogP contribution is -2.47. The second kappa shape index (κ2) is 15.8. The van der Waals surface area contributed by atoms with Crippen molar-refractivity contribution >= 4 is 68.2 Å². The van der Waals surface area contributed by atoms with E-state index in [1.54, 1.807) is 6.07 Å². The Morgan fingerprint density at radius 1 is 1.08 bits per heavy atom. The van der Waals surface area contributed by atoms with E-state index in [4.69, 9.17) is 20.8 Å². The summed E-state index contributed by atoms with van der Waals surface area (Å²) in [7, 11) is 0. The highest BCUT2D eigenvalue weighted by atomic mass is 35.5. The normalized spacial score (nSPS) is 13.4. The summed E-state index contributed by atoms with van der Waals surface area (Å²) in [5.41, 5.74) is 0.241. The Morgan fingerprint density at radius 2 is 1.88 bits per heavy atom. The first kappa shape index (κ1) is 35.7. The number of phenols is 1. The molecule has 2 aromatic carbocycles. The quantitative estimate of drug-likeness (QED) is 0.103. The Morgan fingerprint density at radius 3 is 2.67 bits per heavy atom. The first-order chi connectivity index (χ1) is 24.5. The number of aryl methyl sites for hydroxylation is 2. The number of para-hydroxylation sites is 1. The van der Waals surface area contributed by atoms with Crippen LogP contribution >= 0.6 is 22.9 Å². The van der Waals surface area contributed by atoms with Gasteiger partial charge in [0.15, 0.2) is 16.7 Å². The summed E-state index contributed by atoms with van der Waals surface area (Å²) < 4.78 is 24.4. The highest BCUT2D eigenvalue weighted by molar-refractivity contribution is 7.17. The first-order valence-corrected chi connectivity index (χ1v) is 17.2. The number of carbonyl (C=O) groups is 2. The number of ether oxygens (including phenoxy) is 1. The number of fused-ring (bicyclic) bond motifs is 1. The Labute approximate surface area is 300 Å². The van der Waals surface area contributed by atoms with Crippen molar-refractivity contribution in [2.45, 2.75) is 13.8 Å². The summed E-state index contributed by atoms with van der Waals surface area (Å²) in [6.45, 7) is 8.30. The van der Waals surface area contributed by atoms with Gasteiger partial charge in [0, 0.05) is 56.8 Å². The van der Waals surface area contributed by atoms with E-state index in [1.807, 2.05) is 32.0 Å². The van der Waals surface area contributed by atoms with Crippen LogP contribution in [0.3, 0.4) is 0 Å². The molecule has 2 amide bonds. The number of nitrogens with one attached hydrogen (secondary N) is 3. The predicted octanol–water partition coefficient (Wildman–Crippen LogP) is 4.72. The van der Waals surface area contributed by atoms with Gasteiger partial charge in [0.2, 0.25) is 0 Å². The highest BCUT2D eigenvalue weighted by Crippen LogP contribution is 2.29. The molecule has 1 saturated heterocycles. The zero-order chi connectivity index (χ0) is 36.1. The number of piperazine rings is 1. The predicted molar refractivity (Wildman–Crippen MR) is 192 cm³/mol. The van der Waals surface area contributed by atoms with Crippen molar-refractivity contribution in [3.63, 3.8) is 0 Å². The van der Waals surface area contributed by atoms with Crippen molar-refractivity contribution in [3.8, 4) is 5.75 Å². The number of carbonyl (C=O) groups excluding carboxylic acids is 2. The summed E-state index contributed by atoms with van der Waals surface area (Å²) in [5, 5.41) is 19.3. The van der Waals surface area contributed by atoms with Gasteiger partial charge < -0.3 is 35.1 Å². The molecule has 0 radical (unpaired) electrons. The number of halogens is 2. The van der Waals surface area contributed by atoms with Crippen LogP contribution in [0, 0.1) is 19.7 Å². The number of hydrogen-bond donors (Lipinski definition) is 4. The lowest BCUT2D eigenvalue weighted by atomic mass is 10.1. The maximum atomic E-state index is 13.7. The van der Waals surface area contributed by atoms with Crippen LogP contribution in [0.2, 0.25) is 5.02 Å². The van der Waals surface area contributed by atoms with E-state index < -0.39 is 23.1 Å². The van der Waals surface area contributed by atoms with Crippen molar-refractivity contribution in [2.75, 3.05) is 68.0 Å². The smallest absolute Gasteiger partial charge is 0.349 e. The number of thiazole rings is 1. The minimum Gasteiger partial charge on any atom is -0.505 e. The SMILES string of the molecule is Cc1nc(Nc2ncc(C(=O)Nc3c(C)cccc3Cl)s2)cc(N2CCN(CCOCCNC(=O)c3cc4cc(F)c(O)cc4oc3=O)CC2)n1. The highest BCUT2D eigenvalue weighted by Gasteiger charge is 2.20. The van der Waals surface area contributed by atoms with Crippen LogP contribution in [0.5, 0.6) is 5.75 Å². The van der Waals surface area contributed by atoms with Crippen LogP contribution in [0.1, 0.15) is 31.4 Å². The van der Waals surface area contributed by atoms with Gasteiger partial charge in [-0.05, 0) is 37.6 Å². The second-order valence-corrected chi connectivity index (χ2v) is 13.1. The maximum Gasteiger partial charge on any atom is 0.349 e. The molecule has 17 heteroatoms. The molecule has 1 aliphatic heterocycles. The minimum atomic E-state index is -0.893. The van der Waals surface area contributed by atoms with Gasteiger partial charge >= 0.3 is 5.63 Å². The zero-order valence-corrected chi connectivity index (χ0v) is 29.2. The van der Waals surface area contributed by atoms with Gasteiger partial charge in [0.1, 0.15) is 33.5 Å². The Hall–Kier alpha value is -5.16. The zero-order valence-electron chi connectivity index (χ0n) is 27.7. The summed E-state index contributed by atoms with van der Waals surface area (Å²) >= 11 is 7.47. The fraction of sp³-hybridized carbons (Fsp3) is 0.294. The number of nitrogens with zero attached hydrogens (tertiary/aromatic N) is 5. The molecule has 0 unspecified atom stereocenters. The average molecular weight is 737 g/mol. The lowest BCUT2D eigenvalue weighted by molar-refractivity contribution is 0.0868. The number of rotatable bonds is 12. The van der Waals surface area contributed by atoms with Gasteiger partial charge in [-0.25, -0.2) is 24.1 Å². The van der Waals surface area contributed by atoms with Crippen LogP contribution < -0.4 is 26.5 Å². The minimum absolute atomic E-state index is 0.0242. The largest absolute Gasteiger partial charge is 0.505 e. The van der Waals surface area contributed by atoms with Crippen LogP contribution in [0.4, 0.5) is 26.8 Å². The van der Waals surface area contributed by atoms with Crippen molar-refractivity contribution in [1.82, 2.24) is 25.2 Å². The summed E-state index contributed by atoms with van der Waals surface area (Å²) in [6.07, 6.45) is 1.51. The van der Waals surface area contributed by atoms with E-state index in [0.717, 1.165) is 49.7 Å². The summed E-state index contributed by atoms with van der Waals surface area (Å²) in [4.78, 5) is 55.9. The van der Waals surface area contributed by atoms with Crippen molar-refractivity contribution in [2.24, 2.45) is 0 Å². The molecule has 4 N–H and O–H groups in total. The molecule has 1 aliphatic rings. The number of amides is 2. The van der Waals surface area contributed by atoms with Crippen LogP contribution in [-0.4, -0.2) is 89.3 Å². The molecule has 0 aliphatic carbocycles. The summed E-state index contributed by atoms with van der Waals surface area (Å²) in [6, 6.07) is 10.5. The fourth-order valence-corrected chi connectivity index (χ4v) is 6.39. The monoisotopic (exact) mass is 736 g/mol. The Kier molecular flexibility index (Phi) is 11.1. The molecular weight excluding hydrogens is 703 g/mol. The second-order valence-electron chi connectivity index (χ2n) is 11.7. The topological polar surface area (TPSA) is 175 Å². The number of anilines is 4. The van der Waals surface area contributed by atoms with Gasteiger partial charge in [0.05, 0.1) is 30.1 Å². The number of aromatic nitrogens is 3. The van der Waals surface area contributed by atoms with E-state index in [1.165, 1.54) is 23.6 Å². The Bertz CT molecular complexity index is 2120. The third-order valence-corrected chi connectivity index (χ3v) is 9.30. The maximum absolute atomic E-state index is 13.7. The molecule has 266 valence electrons. The van der Waals surface area contributed by atoms with E-state index in [9.17, 15) is 23.9 Å². The number of aromatic hydroxyl groups is 1. The standard InChI is InChI=1S/C34H34ClFN8O6S/c1-19-4-3-5-23(35)30(19)42-32(47)27-18-38-34(51-27)41-28-17-29(40-20(2)39-28)44-9-7-43(8-10-44)11-13-49-12-6-37-31(46)22-14-21-15-24(36)25(45)16-26(21)50-33(22)48/h3-5,14-18,45H,6-13H2,1-2H3,(H,37,46)(H,42,47)(H,38,39,40,41). The van der Waals surface area contributed by atoms with E-state index in [0.29, 0.717) is 45.5 Å². The van der Waals surface area contributed by atoms with E-state index in [-0.39, 0.29) is 35.6 Å².